The van der Waals surface area contributed by atoms with Gasteiger partial charge in [-0.15, -0.1) is 0 Å². The number of nitrogens with zero attached hydrogens (tertiary/aromatic N) is 2. The van der Waals surface area contributed by atoms with Gasteiger partial charge in [0.25, 0.3) is 0 Å². The molecule has 1 saturated heterocycles. The van der Waals surface area contributed by atoms with Crippen molar-refractivity contribution in [2.45, 2.75) is 30.8 Å². The van der Waals surface area contributed by atoms with Gasteiger partial charge in [-0.1, -0.05) is 0 Å². The van der Waals surface area contributed by atoms with E-state index < -0.39 is 10.0 Å². The number of sulfonamides is 1. The van der Waals surface area contributed by atoms with Crippen molar-refractivity contribution in [3.05, 3.63) is 18.3 Å². The summed E-state index contributed by atoms with van der Waals surface area (Å²) in [6, 6.07) is 3.25. The number of nitrogens with one attached hydrogen (secondary N) is 1. The average molecular weight is 299 g/mol. The van der Waals surface area contributed by atoms with E-state index in [0.717, 1.165) is 12.8 Å². The molecule has 6 nitrogen and oxygen atoms in total. The predicted molar refractivity (Wildman–Crippen MR) is 77.2 cm³/mol. The summed E-state index contributed by atoms with van der Waals surface area (Å²) in [5.74, 6) is 0.420. The maximum atomic E-state index is 12.7. The van der Waals surface area contributed by atoms with E-state index in [1.54, 1.807) is 25.4 Å². The average Bonchev–Trinajstić information content (AvgIpc) is 2.48. The Kier molecular flexibility index (Phi) is 4.95. The molecule has 0 atom stereocenters. The Morgan fingerprint density at radius 2 is 2.15 bits per heavy atom. The van der Waals surface area contributed by atoms with Crippen molar-refractivity contribution in [1.29, 1.82) is 0 Å². The molecule has 0 saturated carbocycles. The van der Waals surface area contributed by atoms with Gasteiger partial charge in [-0.2, -0.15) is 4.31 Å². The Morgan fingerprint density at radius 3 is 2.75 bits per heavy atom. The first-order valence-electron chi connectivity index (χ1n) is 6.81. The number of hydrogen-bond acceptors (Lipinski definition) is 5. The molecule has 0 aliphatic carbocycles. The summed E-state index contributed by atoms with van der Waals surface area (Å²) in [4.78, 5) is 4.37. The molecule has 1 aliphatic heterocycles. The molecule has 112 valence electrons. The van der Waals surface area contributed by atoms with Crippen molar-refractivity contribution in [2.24, 2.45) is 0 Å². The highest BCUT2D eigenvalue weighted by Crippen LogP contribution is 2.25. The van der Waals surface area contributed by atoms with Crippen LogP contribution in [0, 0.1) is 0 Å². The van der Waals surface area contributed by atoms with Crippen LogP contribution in [0.15, 0.2) is 23.2 Å². The van der Waals surface area contributed by atoms with Crippen molar-refractivity contribution in [3.63, 3.8) is 0 Å². The third-order valence-electron chi connectivity index (χ3n) is 3.47. The summed E-state index contributed by atoms with van der Waals surface area (Å²) in [6.07, 6.45) is 3.20. The molecule has 2 heterocycles. The van der Waals surface area contributed by atoms with Crippen LogP contribution in [0.2, 0.25) is 0 Å². The molecule has 0 amide bonds. The molecule has 7 heteroatoms. The lowest BCUT2D eigenvalue weighted by Crippen LogP contribution is -2.40. The van der Waals surface area contributed by atoms with Gasteiger partial charge in [-0.25, -0.2) is 13.4 Å². The van der Waals surface area contributed by atoms with Gasteiger partial charge in [0.1, 0.15) is 10.7 Å². The first kappa shape index (κ1) is 15.2. The lowest BCUT2D eigenvalue weighted by molar-refractivity contribution is 0.0604. The second-order valence-electron chi connectivity index (χ2n) is 4.72. The van der Waals surface area contributed by atoms with E-state index in [1.165, 1.54) is 4.31 Å². The van der Waals surface area contributed by atoms with Crippen LogP contribution in [-0.2, 0) is 14.8 Å². The third kappa shape index (κ3) is 3.11. The summed E-state index contributed by atoms with van der Waals surface area (Å²) in [7, 11) is -1.83. The molecule has 0 unspecified atom stereocenters. The highest BCUT2D eigenvalue weighted by atomic mass is 32.2. The molecular formula is C13H21N3O3S. The van der Waals surface area contributed by atoms with E-state index in [-0.39, 0.29) is 11.0 Å². The Labute approximate surface area is 120 Å². The van der Waals surface area contributed by atoms with Crippen LogP contribution in [0.4, 0.5) is 5.82 Å². The summed E-state index contributed by atoms with van der Waals surface area (Å²) >= 11 is 0. The second kappa shape index (κ2) is 6.51. The molecule has 1 aliphatic rings. The fraction of sp³-hybridized carbons (Fsp3) is 0.615. The number of piperidine rings is 1. The van der Waals surface area contributed by atoms with Crippen LogP contribution < -0.4 is 5.32 Å². The molecule has 1 N–H and O–H groups in total. The maximum Gasteiger partial charge on any atom is 0.246 e. The number of methoxy groups -OCH3 is 1. The van der Waals surface area contributed by atoms with E-state index in [1.807, 2.05) is 6.92 Å². The van der Waals surface area contributed by atoms with Crippen molar-refractivity contribution >= 4 is 15.8 Å². The third-order valence-corrected chi connectivity index (χ3v) is 5.40. The molecule has 0 bridgehead atoms. The standard InChI is InChI=1S/C13H21N3O3S/c1-3-14-13-12(5-4-8-15-13)20(17,18)16-9-6-11(19-2)7-10-16/h4-5,8,11H,3,6-7,9-10H2,1-2H3,(H,14,15). The number of anilines is 1. The zero-order chi connectivity index (χ0) is 14.6. The van der Waals surface area contributed by atoms with E-state index in [0.29, 0.717) is 25.5 Å². The van der Waals surface area contributed by atoms with Crippen LogP contribution in [0.25, 0.3) is 0 Å². The lowest BCUT2D eigenvalue weighted by Gasteiger charge is -2.30. The first-order chi connectivity index (χ1) is 9.59. The van der Waals surface area contributed by atoms with Gasteiger partial charge in [-0.05, 0) is 31.9 Å². The fourth-order valence-electron chi connectivity index (χ4n) is 2.35. The molecule has 20 heavy (non-hydrogen) atoms. The molecule has 1 fully saturated rings. The monoisotopic (exact) mass is 299 g/mol. The molecule has 0 spiro atoms. The van der Waals surface area contributed by atoms with Crippen molar-refractivity contribution in [3.8, 4) is 0 Å². The quantitative estimate of drug-likeness (QED) is 0.887. The first-order valence-corrected chi connectivity index (χ1v) is 8.25. The number of rotatable bonds is 5. The fourth-order valence-corrected chi connectivity index (χ4v) is 3.94. The Morgan fingerprint density at radius 1 is 1.45 bits per heavy atom. The van der Waals surface area contributed by atoms with Gasteiger partial charge in [0.15, 0.2) is 0 Å². The van der Waals surface area contributed by atoms with Crippen molar-refractivity contribution in [1.82, 2.24) is 9.29 Å². The SMILES string of the molecule is CCNc1ncccc1S(=O)(=O)N1CCC(OC)CC1. The molecule has 1 aromatic rings. The maximum absolute atomic E-state index is 12.7. The summed E-state index contributed by atoms with van der Waals surface area (Å²) in [6.45, 7) is 3.52. The zero-order valence-electron chi connectivity index (χ0n) is 11.9. The van der Waals surface area contributed by atoms with Crippen LogP contribution in [0.5, 0.6) is 0 Å². The van der Waals surface area contributed by atoms with Gasteiger partial charge in [0.05, 0.1) is 6.10 Å². The minimum absolute atomic E-state index is 0.156. The summed E-state index contributed by atoms with van der Waals surface area (Å²) < 4.78 is 32.2. The van der Waals surface area contributed by atoms with E-state index in [9.17, 15) is 8.42 Å². The molecular weight excluding hydrogens is 278 g/mol. The summed E-state index contributed by atoms with van der Waals surface area (Å²) in [5, 5.41) is 3.00. The van der Waals surface area contributed by atoms with Crippen LogP contribution in [0.3, 0.4) is 0 Å². The van der Waals surface area contributed by atoms with E-state index >= 15 is 0 Å². The largest absolute Gasteiger partial charge is 0.381 e. The van der Waals surface area contributed by atoms with E-state index in [4.69, 9.17) is 4.74 Å². The minimum Gasteiger partial charge on any atom is -0.381 e. The molecule has 0 aromatic carbocycles. The molecule has 0 radical (unpaired) electrons. The molecule has 1 aromatic heterocycles. The summed E-state index contributed by atoms with van der Waals surface area (Å²) in [5.41, 5.74) is 0. The van der Waals surface area contributed by atoms with Crippen LogP contribution >= 0.6 is 0 Å². The van der Waals surface area contributed by atoms with Crippen LogP contribution in [0.1, 0.15) is 19.8 Å². The highest BCUT2D eigenvalue weighted by molar-refractivity contribution is 7.89. The highest BCUT2D eigenvalue weighted by Gasteiger charge is 2.31. The van der Waals surface area contributed by atoms with Gasteiger partial charge < -0.3 is 10.1 Å². The Bertz CT molecular complexity index is 540. The Hall–Kier alpha value is -1.18. The van der Waals surface area contributed by atoms with Gasteiger partial charge in [0.2, 0.25) is 10.0 Å². The van der Waals surface area contributed by atoms with Crippen molar-refractivity contribution in [2.75, 3.05) is 32.1 Å². The normalized spacial score (nSPS) is 18.1. The second-order valence-corrected chi connectivity index (χ2v) is 6.63. The minimum atomic E-state index is -3.49. The van der Waals surface area contributed by atoms with E-state index in [2.05, 4.69) is 10.3 Å². The number of hydrogen-bond donors (Lipinski definition) is 1. The number of pyridine rings is 1. The van der Waals surface area contributed by atoms with Crippen molar-refractivity contribution < 1.29 is 13.2 Å². The van der Waals surface area contributed by atoms with Crippen LogP contribution in [-0.4, -0.2) is 50.6 Å². The smallest absolute Gasteiger partial charge is 0.246 e. The van der Waals surface area contributed by atoms with Gasteiger partial charge in [-0.3, -0.25) is 0 Å². The Balaban J connectivity index is 2.23. The topological polar surface area (TPSA) is 71.5 Å². The van der Waals surface area contributed by atoms with Gasteiger partial charge in [0, 0.05) is 32.9 Å². The number of aromatic nitrogens is 1. The number of ether oxygens (including phenoxy) is 1. The molecule has 2 rings (SSSR count). The zero-order valence-corrected chi connectivity index (χ0v) is 12.7. The van der Waals surface area contributed by atoms with Gasteiger partial charge >= 0.3 is 0 Å². The lowest BCUT2D eigenvalue weighted by atomic mass is 10.1. The predicted octanol–water partition coefficient (Wildman–Crippen LogP) is 1.31.